The molecular formula is C8H3Cl2N3O. The molecule has 14 heavy (non-hydrogen) atoms. The van der Waals surface area contributed by atoms with Crippen LogP contribution < -0.4 is 0 Å². The zero-order chi connectivity index (χ0) is 10.1. The van der Waals surface area contributed by atoms with Crippen molar-refractivity contribution in [3.63, 3.8) is 0 Å². The van der Waals surface area contributed by atoms with Gasteiger partial charge < -0.3 is 0 Å². The topological polar surface area (TPSA) is 55.2 Å². The van der Waals surface area contributed by atoms with Crippen molar-refractivity contribution in [3.8, 4) is 0 Å². The molecule has 0 fully saturated rings. The molecule has 0 amide bonds. The fourth-order valence-electron chi connectivity index (χ4n) is 1.11. The van der Waals surface area contributed by atoms with Crippen molar-refractivity contribution in [1.82, 2.24) is 9.97 Å². The van der Waals surface area contributed by atoms with Crippen LogP contribution in [0.25, 0.3) is 10.9 Å². The third-order valence-corrected chi connectivity index (χ3v) is 2.17. The van der Waals surface area contributed by atoms with E-state index in [0.29, 0.717) is 10.9 Å². The maximum atomic E-state index is 10.3. The molecule has 0 spiro atoms. The summed E-state index contributed by atoms with van der Waals surface area (Å²) < 4.78 is 0. The molecule has 0 N–H and O–H groups in total. The molecule has 6 heteroatoms. The monoisotopic (exact) mass is 227 g/mol. The van der Waals surface area contributed by atoms with Crippen LogP contribution in [0, 0.1) is 4.91 Å². The summed E-state index contributed by atoms with van der Waals surface area (Å²) in [6, 6.07) is 4.67. The fourth-order valence-corrected chi connectivity index (χ4v) is 1.57. The van der Waals surface area contributed by atoms with Crippen LogP contribution in [0.15, 0.2) is 23.4 Å². The summed E-state index contributed by atoms with van der Waals surface area (Å²) in [6.07, 6.45) is 0. The number of nitroso groups, excluding NO2 is 1. The maximum absolute atomic E-state index is 10.3. The quantitative estimate of drug-likeness (QED) is 0.427. The molecule has 0 saturated heterocycles. The molecular weight excluding hydrogens is 225 g/mol. The van der Waals surface area contributed by atoms with E-state index < -0.39 is 0 Å². The zero-order valence-electron chi connectivity index (χ0n) is 6.74. The van der Waals surface area contributed by atoms with Gasteiger partial charge in [0.25, 0.3) is 0 Å². The molecule has 70 valence electrons. The molecule has 1 aromatic carbocycles. The van der Waals surface area contributed by atoms with Crippen LogP contribution in [0.3, 0.4) is 0 Å². The van der Waals surface area contributed by atoms with Crippen molar-refractivity contribution in [2.45, 2.75) is 0 Å². The Hall–Kier alpha value is -1.26. The van der Waals surface area contributed by atoms with E-state index in [9.17, 15) is 4.91 Å². The molecule has 0 unspecified atom stereocenters. The van der Waals surface area contributed by atoms with Gasteiger partial charge in [-0.2, -0.15) is 0 Å². The van der Waals surface area contributed by atoms with Crippen LogP contribution in [0.5, 0.6) is 0 Å². The molecule has 0 saturated carbocycles. The van der Waals surface area contributed by atoms with Gasteiger partial charge in [0.15, 0.2) is 0 Å². The van der Waals surface area contributed by atoms with E-state index >= 15 is 0 Å². The van der Waals surface area contributed by atoms with E-state index in [2.05, 4.69) is 15.1 Å². The number of fused-ring (bicyclic) bond motifs is 1. The highest BCUT2D eigenvalue weighted by molar-refractivity contribution is 6.35. The van der Waals surface area contributed by atoms with Crippen molar-refractivity contribution in [1.29, 1.82) is 0 Å². The van der Waals surface area contributed by atoms with Gasteiger partial charge in [-0.15, -0.1) is 4.91 Å². The zero-order valence-corrected chi connectivity index (χ0v) is 8.25. The molecule has 0 aliphatic carbocycles. The third-order valence-electron chi connectivity index (χ3n) is 1.71. The molecule has 0 aliphatic heterocycles. The number of hydrogen-bond acceptors (Lipinski definition) is 4. The molecule has 2 rings (SSSR count). The summed E-state index contributed by atoms with van der Waals surface area (Å²) in [4.78, 5) is 17.9. The Kier molecular flexibility index (Phi) is 2.31. The highest BCUT2D eigenvalue weighted by atomic mass is 35.5. The highest BCUT2D eigenvalue weighted by Crippen LogP contribution is 2.25. The average molecular weight is 228 g/mol. The minimum Gasteiger partial charge on any atom is -0.218 e. The number of rotatable bonds is 1. The molecule has 0 aliphatic rings. The first kappa shape index (κ1) is 9.30. The van der Waals surface area contributed by atoms with Crippen molar-refractivity contribution in [3.05, 3.63) is 33.5 Å². The third kappa shape index (κ3) is 1.54. The fraction of sp³-hybridized carbons (Fsp3) is 0. The van der Waals surface area contributed by atoms with E-state index in [1.165, 1.54) is 6.07 Å². The molecule has 0 atom stereocenters. The van der Waals surface area contributed by atoms with Crippen molar-refractivity contribution >= 4 is 39.8 Å². The Morgan fingerprint density at radius 1 is 1.21 bits per heavy atom. The van der Waals surface area contributed by atoms with Crippen LogP contribution in [0.4, 0.5) is 5.69 Å². The largest absolute Gasteiger partial charge is 0.224 e. The molecule has 2 aromatic rings. The highest BCUT2D eigenvalue weighted by Gasteiger charge is 2.05. The number of nitrogens with zero attached hydrogens (tertiary/aromatic N) is 3. The first-order valence-electron chi connectivity index (χ1n) is 3.67. The SMILES string of the molecule is O=Nc1ccc2c(Cl)nc(Cl)nc2c1. The van der Waals surface area contributed by atoms with Gasteiger partial charge in [0.2, 0.25) is 5.28 Å². The number of aromatic nitrogens is 2. The van der Waals surface area contributed by atoms with Gasteiger partial charge >= 0.3 is 0 Å². The van der Waals surface area contributed by atoms with Gasteiger partial charge in [-0.05, 0) is 35.0 Å². The molecule has 4 nitrogen and oxygen atoms in total. The summed E-state index contributed by atoms with van der Waals surface area (Å²) in [7, 11) is 0. The van der Waals surface area contributed by atoms with E-state index in [0.717, 1.165) is 0 Å². The van der Waals surface area contributed by atoms with Crippen molar-refractivity contribution in [2.24, 2.45) is 5.18 Å². The molecule has 1 aromatic heterocycles. The van der Waals surface area contributed by atoms with Crippen LogP contribution in [0.1, 0.15) is 0 Å². The van der Waals surface area contributed by atoms with Crippen molar-refractivity contribution < 1.29 is 0 Å². The van der Waals surface area contributed by atoms with Gasteiger partial charge in [-0.3, -0.25) is 0 Å². The van der Waals surface area contributed by atoms with E-state index in [1.54, 1.807) is 12.1 Å². The Morgan fingerprint density at radius 3 is 2.71 bits per heavy atom. The second kappa shape index (κ2) is 3.48. The molecule has 0 radical (unpaired) electrons. The van der Waals surface area contributed by atoms with Gasteiger partial charge in [-0.1, -0.05) is 11.6 Å². The second-order valence-corrected chi connectivity index (χ2v) is 3.27. The van der Waals surface area contributed by atoms with Crippen LogP contribution >= 0.6 is 23.2 Å². The lowest BCUT2D eigenvalue weighted by Crippen LogP contribution is -1.85. The Morgan fingerprint density at radius 2 is 2.00 bits per heavy atom. The minimum atomic E-state index is 0.0468. The van der Waals surface area contributed by atoms with Gasteiger partial charge in [0.1, 0.15) is 10.8 Å². The first-order chi connectivity index (χ1) is 6.70. The summed E-state index contributed by atoms with van der Waals surface area (Å²) in [5, 5.41) is 3.73. The van der Waals surface area contributed by atoms with Gasteiger partial charge in [0.05, 0.1) is 5.52 Å². The van der Waals surface area contributed by atoms with E-state index in [1.807, 2.05) is 0 Å². The van der Waals surface area contributed by atoms with Crippen molar-refractivity contribution in [2.75, 3.05) is 0 Å². The van der Waals surface area contributed by atoms with Crippen LogP contribution in [-0.4, -0.2) is 9.97 Å². The lowest BCUT2D eigenvalue weighted by Gasteiger charge is -1.99. The van der Waals surface area contributed by atoms with Gasteiger partial charge in [0, 0.05) is 5.39 Å². The summed E-state index contributed by atoms with van der Waals surface area (Å²) in [5.41, 5.74) is 0.787. The predicted octanol–water partition coefficient (Wildman–Crippen LogP) is 3.33. The maximum Gasteiger partial charge on any atom is 0.224 e. The van der Waals surface area contributed by atoms with Crippen LogP contribution in [-0.2, 0) is 0 Å². The Bertz CT molecular complexity index is 515. The van der Waals surface area contributed by atoms with Gasteiger partial charge in [-0.25, -0.2) is 9.97 Å². The average Bonchev–Trinajstić information content (AvgIpc) is 2.16. The Labute approximate surface area is 88.9 Å². The minimum absolute atomic E-state index is 0.0468. The predicted molar refractivity (Wildman–Crippen MR) is 55.0 cm³/mol. The molecule has 1 heterocycles. The van der Waals surface area contributed by atoms with E-state index in [-0.39, 0.29) is 16.1 Å². The standard InChI is InChI=1S/C8H3Cl2N3O/c9-7-5-2-1-4(13-14)3-6(5)11-8(10)12-7/h1-3H. The first-order valence-corrected chi connectivity index (χ1v) is 4.42. The molecule has 0 bridgehead atoms. The number of halogens is 2. The summed E-state index contributed by atoms with van der Waals surface area (Å²) in [6.45, 7) is 0. The summed E-state index contributed by atoms with van der Waals surface area (Å²) in [5.74, 6) is 0. The normalized spacial score (nSPS) is 10.4. The lowest BCUT2D eigenvalue weighted by atomic mass is 10.2. The Balaban J connectivity index is 2.81. The van der Waals surface area contributed by atoms with E-state index in [4.69, 9.17) is 23.2 Å². The second-order valence-electron chi connectivity index (χ2n) is 2.58. The smallest absolute Gasteiger partial charge is 0.218 e. The lowest BCUT2D eigenvalue weighted by molar-refractivity contribution is 1.22. The summed E-state index contributed by atoms with van der Waals surface area (Å²) >= 11 is 11.4. The van der Waals surface area contributed by atoms with Crippen LogP contribution in [0.2, 0.25) is 10.4 Å². The number of hydrogen-bond donors (Lipinski definition) is 0. The number of benzene rings is 1.